The Balaban J connectivity index is 1.80. The molecule has 0 aromatic carbocycles. The van der Waals surface area contributed by atoms with E-state index in [1.54, 1.807) is 0 Å². The number of aromatic nitrogens is 6. The van der Waals surface area contributed by atoms with Gasteiger partial charge < -0.3 is 10.3 Å². The molecule has 11 heteroatoms. The standard InChI is InChI=1S/C10H7ClF3N7/c11-9-18-7(6-8(19-9)17-3-16-6)15-2-4-1-5(21-20-4)10(12,13)14/h1,3H,2H2,(H,20,21)(H2,15,16,17,18,19). The fourth-order valence-electron chi connectivity index (χ4n) is 1.71. The Morgan fingerprint density at radius 1 is 1.29 bits per heavy atom. The van der Waals surface area contributed by atoms with Crippen molar-refractivity contribution in [1.82, 2.24) is 30.1 Å². The van der Waals surface area contributed by atoms with Gasteiger partial charge in [0.1, 0.15) is 5.52 Å². The van der Waals surface area contributed by atoms with Gasteiger partial charge >= 0.3 is 6.18 Å². The first-order valence-corrected chi connectivity index (χ1v) is 6.03. The minimum atomic E-state index is -4.48. The predicted octanol–water partition coefficient (Wildman–Crippen LogP) is 2.36. The zero-order valence-electron chi connectivity index (χ0n) is 10.2. The van der Waals surface area contributed by atoms with Crippen LogP contribution in [0, 0.1) is 0 Å². The largest absolute Gasteiger partial charge is 0.435 e. The average molecular weight is 318 g/mol. The molecule has 0 fully saturated rings. The van der Waals surface area contributed by atoms with Crippen molar-refractivity contribution in [3.05, 3.63) is 29.1 Å². The zero-order valence-corrected chi connectivity index (χ0v) is 10.9. The van der Waals surface area contributed by atoms with Gasteiger partial charge in [-0.15, -0.1) is 0 Å². The third-order valence-electron chi connectivity index (χ3n) is 2.63. The molecule has 21 heavy (non-hydrogen) atoms. The van der Waals surface area contributed by atoms with Crippen LogP contribution in [0.4, 0.5) is 19.0 Å². The molecule has 0 aliphatic rings. The van der Waals surface area contributed by atoms with Gasteiger partial charge in [-0.3, -0.25) is 5.10 Å². The fraction of sp³-hybridized carbons (Fsp3) is 0.200. The van der Waals surface area contributed by atoms with Gasteiger partial charge in [-0.25, -0.2) is 4.98 Å². The molecule has 0 saturated heterocycles. The number of alkyl halides is 3. The summed E-state index contributed by atoms with van der Waals surface area (Å²) in [5, 5.41) is 8.34. The number of hydrogen-bond donors (Lipinski definition) is 3. The lowest BCUT2D eigenvalue weighted by atomic mass is 10.3. The maximum Gasteiger partial charge on any atom is 0.435 e. The number of halogens is 4. The molecule has 0 spiro atoms. The maximum atomic E-state index is 12.4. The van der Waals surface area contributed by atoms with Crippen LogP contribution < -0.4 is 5.32 Å². The summed E-state index contributed by atoms with van der Waals surface area (Å²) in [5.74, 6) is 0.339. The summed E-state index contributed by atoms with van der Waals surface area (Å²) >= 11 is 5.74. The van der Waals surface area contributed by atoms with Gasteiger partial charge in [0.15, 0.2) is 17.2 Å². The van der Waals surface area contributed by atoms with Crippen LogP contribution in [-0.4, -0.2) is 30.1 Å². The smallest absolute Gasteiger partial charge is 0.362 e. The van der Waals surface area contributed by atoms with E-state index in [0.29, 0.717) is 17.0 Å². The van der Waals surface area contributed by atoms with Crippen molar-refractivity contribution in [3.8, 4) is 0 Å². The number of nitrogens with zero attached hydrogens (tertiary/aromatic N) is 4. The highest BCUT2D eigenvalue weighted by molar-refractivity contribution is 6.28. The molecule has 7 nitrogen and oxygen atoms in total. The van der Waals surface area contributed by atoms with Crippen LogP contribution in [-0.2, 0) is 12.7 Å². The van der Waals surface area contributed by atoms with E-state index in [9.17, 15) is 13.2 Å². The van der Waals surface area contributed by atoms with Gasteiger partial charge in [0.2, 0.25) is 5.28 Å². The Morgan fingerprint density at radius 3 is 2.81 bits per heavy atom. The molecule has 110 valence electrons. The molecular weight excluding hydrogens is 311 g/mol. The molecule has 3 heterocycles. The molecule has 0 bridgehead atoms. The molecule has 3 N–H and O–H groups in total. The minimum Gasteiger partial charge on any atom is -0.362 e. The van der Waals surface area contributed by atoms with Crippen molar-refractivity contribution in [2.45, 2.75) is 12.7 Å². The van der Waals surface area contributed by atoms with Crippen molar-refractivity contribution < 1.29 is 13.2 Å². The number of hydrogen-bond acceptors (Lipinski definition) is 5. The van der Waals surface area contributed by atoms with Gasteiger partial charge in [0.25, 0.3) is 0 Å². The quantitative estimate of drug-likeness (QED) is 0.645. The van der Waals surface area contributed by atoms with Gasteiger partial charge in [-0.2, -0.15) is 28.2 Å². The van der Waals surface area contributed by atoms with Crippen LogP contribution in [0.1, 0.15) is 11.4 Å². The van der Waals surface area contributed by atoms with E-state index in [2.05, 4.69) is 35.5 Å². The van der Waals surface area contributed by atoms with E-state index < -0.39 is 11.9 Å². The van der Waals surface area contributed by atoms with Crippen molar-refractivity contribution in [1.29, 1.82) is 0 Å². The summed E-state index contributed by atoms with van der Waals surface area (Å²) in [7, 11) is 0. The molecule has 3 aromatic heterocycles. The molecule has 0 radical (unpaired) electrons. The zero-order chi connectivity index (χ0) is 15.0. The van der Waals surface area contributed by atoms with Gasteiger partial charge in [0.05, 0.1) is 18.6 Å². The second kappa shape index (κ2) is 4.88. The molecule has 0 aliphatic heterocycles. The topological polar surface area (TPSA) is 95.2 Å². The van der Waals surface area contributed by atoms with Crippen LogP contribution in [0.15, 0.2) is 12.4 Å². The summed E-state index contributed by atoms with van der Waals surface area (Å²) in [6.07, 6.45) is -3.07. The van der Waals surface area contributed by atoms with E-state index in [-0.39, 0.29) is 17.5 Å². The number of nitrogens with one attached hydrogen (secondary N) is 3. The third-order valence-corrected chi connectivity index (χ3v) is 2.80. The van der Waals surface area contributed by atoms with E-state index >= 15 is 0 Å². The molecule has 0 unspecified atom stereocenters. The Bertz CT molecular complexity index is 778. The molecule has 0 atom stereocenters. The van der Waals surface area contributed by atoms with Crippen LogP contribution in [0.25, 0.3) is 11.2 Å². The monoisotopic (exact) mass is 317 g/mol. The molecular formula is C10H7ClF3N7. The molecule has 0 amide bonds. The lowest BCUT2D eigenvalue weighted by molar-refractivity contribution is -0.141. The Morgan fingerprint density at radius 2 is 2.10 bits per heavy atom. The van der Waals surface area contributed by atoms with Crippen LogP contribution in [0.5, 0.6) is 0 Å². The second-order valence-electron chi connectivity index (χ2n) is 4.07. The lowest BCUT2D eigenvalue weighted by Gasteiger charge is -2.04. The van der Waals surface area contributed by atoms with E-state index in [4.69, 9.17) is 11.6 Å². The normalized spacial score (nSPS) is 12.0. The Hall–Kier alpha value is -2.36. The maximum absolute atomic E-state index is 12.4. The summed E-state index contributed by atoms with van der Waals surface area (Å²) in [6.45, 7) is 0.0601. The average Bonchev–Trinajstić information content (AvgIpc) is 3.03. The number of fused-ring (bicyclic) bond motifs is 1. The second-order valence-corrected chi connectivity index (χ2v) is 4.41. The summed E-state index contributed by atoms with van der Waals surface area (Å²) in [5.41, 5.74) is 0.143. The third kappa shape index (κ3) is 2.75. The van der Waals surface area contributed by atoms with E-state index in [0.717, 1.165) is 6.07 Å². The van der Waals surface area contributed by atoms with Crippen molar-refractivity contribution in [2.75, 3.05) is 5.32 Å². The highest BCUT2D eigenvalue weighted by Gasteiger charge is 2.33. The lowest BCUT2D eigenvalue weighted by Crippen LogP contribution is -2.05. The highest BCUT2D eigenvalue weighted by atomic mass is 35.5. The molecule has 3 rings (SSSR count). The highest BCUT2D eigenvalue weighted by Crippen LogP contribution is 2.28. The summed E-state index contributed by atoms with van der Waals surface area (Å²) in [6, 6.07) is 0.917. The number of H-pyrrole nitrogens is 2. The van der Waals surface area contributed by atoms with Gasteiger partial charge in [-0.05, 0) is 17.7 Å². The predicted molar refractivity (Wildman–Crippen MR) is 67.6 cm³/mol. The molecule has 0 saturated carbocycles. The van der Waals surface area contributed by atoms with Crippen molar-refractivity contribution >= 4 is 28.6 Å². The summed E-state index contributed by atoms with van der Waals surface area (Å²) < 4.78 is 37.3. The van der Waals surface area contributed by atoms with Crippen molar-refractivity contribution in [2.24, 2.45) is 0 Å². The number of anilines is 1. The van der Waals surface area contributed by atoms with Crippen LogP contribution in [0.2, 0.25) is 5.28 Å². The van der Waals surface area contributed by atoms with E-state index in [1.165, 1.54) is 6.33 Å². The number of imidazole rings is 1. The minimum absolute atomic E-state index is 0.0160. The van der Waals surface area contributed by atoms with Gasteiger partial charge in [0, 0.05) is 0 Å². The van der Waals surface area contributed by atoms with Crippen molar-refractivity contribution in [3.63, 3.8) is 0 Å². The number of rotatable bonds is 3. The Kier molecular flexibility index (Phi) is 3.16. The Labute approximate surface area is 120 Å². The summed E-state index contributed by atoms with van der Waals surface area (Å²) in [4.78, 5) is 14.6. The van der Waals surface area contributed by atoms with Crippen LogP contribution >= 0.6 is 11.6 Å². The number of aromatic amines is 2. The van der Waals surface area contributed by atoms with E-state index in [1.807, 2.05) is 0 Å². The fourth-order valence-corrected chi connectivity index (χ4v) is 1.88. The van der Waals surface area contributed by atoms with Gasteiger partial charge in [-0.1, -0.05) is 0 Å². The first-order chi connectivity index (χ1) is 9.93. The molecule has 3 aromatic rings. The SMILES string of the molecule is FC(F)(F)c1cc(CNc2nc(Cl)nc3nc[nH]c23)[nH]n1. The van der Waals surface area contributed by atoms with Crippen LogP contribution in [0.3, 0.4) is 0 Å². The first-order valence-electron chi connectivity index (χ1n) is 5.65. The first kappa shape index (κ1) is 13.6. The molecule has 0 aliphatic carbocycles.